The van der Waals surface area contributed by atoms with Gasteiger partial charge >= 0.3 is 11.9 Å². The first-order valence-electron chi connectivity index (χ1n) is 15.6. The molecule has 1 aliphatic heterocycles. The number of hydrogen-bond acceptors (Lipinski definition) is 6. The number of hydrogen-bond donors (Lipinski definition) is 0. The SMILES string of the molecule is CCOC(=O)CCCCC(/C=C/c1ccccc1OCCCCCN1CCCC1)Cc1ccc(C(=O)OCC)cc1. The van der Waals surface area contributed by atoms with E-state index in [1.807, 2.05) is 56.3 Å². The Morgan fingerprint density at radius 3 is 2.39 bits per heavy atom. The molecular formula is C35H49NO5. The maximum Gasteiger partial charge on any atom is 0.338 e. The molecule has 224 valence electrons. The van der Waals surface area contributed by atoms with Crippen LogP contribution in [0, 0.1) is 5.92 Å². The molecule has 0 aromatic heterocycles. The summed E-state index contributed by atoms with van der Waals surface area (Å²) in [5.41, 5.74) is 2.81. The maximum absolute atomic E-state index is 12.0. The van der Waals surface area contributed by atoms with Gasteiger partial charge in [-0.15, -0.1) is 0 Å². The minimum atomic E-state index is -0.294. The van der Waals surface area contributed by atoms with E-state index in [1.165, 1.54) is 45.3 Å². The number of unbranched alkanes of at least 4 members (excludes halogenated alkanes) is 3. The summed E-state index contributed by atoms with van der Waals surface area (Å²) >= 11 is 0. The second-order valence-corrected chi connectivity index (χ2v) is 10.8. The van der Waals surface area contributed by atoms with E-state index >= 15 is 0 Å². The minimum absolute atomic E-state index is 0.128. The molecule has 0 aliphatic carbocycles. The van der Waals surface area contributed by atoms with Crippen molar-refractivity contribution in [1.29, 1.82) is 0 Å². The van der Waals surface area contributed by atoms with Crippen LogP contribution in [0.15, 0.2) is 54.6 Å². The molecule has 3 rings (SSSR count). The molecule has 0 saturated carbocycles. The Morgan fingerprint density at radius 1 is 0.878 bits per heavy atom. The van der Waals surface area contributed by atoms with Crippen LogP contribution in [0.1, 0.15) is 93.1 Å². The van der Waals surface area contributed by atoms with Gasteiger partial charge in [-0.25, -0.2) is 4.79 Å². The highest BCUT2D eigenvalue weighted by molar-refractivity contribution is 5.89. The van der Waals surface area contributed by atoms with Crippen molar-refractivity contribution in [2.24, 2.45) is 5.92 Å². The van der Waals surface area contributed by atoms with E-state index in [4.69, 9.17) is 14.2 Å². The van der Waals surface area contributed by atoms with E-state index < -0.39 is 0 Å². The van der Waals surface area contributed by atoms with Crippen LogP contribution in [-0.2, 0) is 20.7 Å². The molecule has 6 heteroatoms. The fourth-order valence-electron chi connectivity index (χ4n) is 5.26. The molecule has 1 atom stereocenters. The predicted octanol–water partition coefficient (Wildman–Crippen LogP) is 7.50. The van der Waals surface area contributed by atoms with Crippen LogP contribution >= 0.6 is 0 Å². The van der Waals surface area contributed by atoms with Gasteiger partial charge in [-0.05, 0) is 115 Å². The molecule has 6 nitrogen and oxygen atoms in total. The van der Waals surface area contributed by atoms with Gasteiger partial charge in [0.05, 0.1) is 25.4 Å². The predicted molar refractivity (Wildman–Crippen MR) is 165 cm³/mol. The second-order valence-electron chi connectivity index (χ2n) is 10.8. The molecule has 2 aromatic rings. The monoisotopic (exact) mass is 563 g/mol. The summed E-state index contributed by atoms with van der Waals surface area (Å²) in [5, 5.41) is 0. The fourth-order valence-corrected chi connectivity index (χ4v) is 5.26. The Hall–Kier alpha value is -3.12. The van der Waals surface area contributed by atoms with Gasteiger partial charge in [0.1, 0.15) is 5.75 Å². The third-order valence-corrected chi connectivity index (χ3v) is 7.52. The normalized spacial score (nSPS) is 14.3. The van der Waals surface area contributed by atoms with Crippen molar-refractivity contribution < 1.29 is 23.8 Å². The Balaban J connectivity index is 1.56. The lowest BCUT2D eigenvalue weighted by molar-refractivity contribution is -0.143. The number of rotatable bonds is 19. The number of carbonyl (C=O) groups is 2. The number of ether oxygens (including phenoxy) is 3. The van der Waals surface area contributed by atoms with E-state index in [-0.39, 0.29) is 17.9 Å². The van der Waals surface area contributed by atoms with Crippen LogP contribution < -0.4 is 4.74 Å². The van der Waals surface area contributed by atoms with E-state index in [1.54, 1.807) is 0 Å². The van der Waals surface area contributed by atoms with E-state index in [0.717, 1.165) is 55.6 Å². The van der Waals surface area contributed by atoms with Gasteiger partial charge in [0.2, 0.25) is 0 Å². The number of esters is 2. The van der Waals surface area contributed by atoms with Crippen molar-refractivity contribution >= 4 is 18.0 Å². The van der Waals surface area contributed by atoms with Crippen LogP contribution in [0.3, 0.4) is 0 Å². The van der Waals surface area contributed by atoms with E-state index in [0.29, 0.717) is 25.2 Å². The van der Waals surface area contributed by atoms with Crippen molar-refractivity contribution in [2.75, 3.05) is 39.5 Å². The Bertz CT molecular complexity index is 1060. The number of allylic oxidation sites excluding steroid dienone is 1. The molecule has 1 heterocycles. The minimum Gasteiger partial charge on any atom is -0.493 e. The Kier molecular flexibility index (Phi) is 15.1. The zero-order chi connectivity index (χ0) is 29.1. The smallest absolute Gasteiger partial charge is 0.338 e. The Morgan fingerprint density at radius 2 is 1.63 bits per heavy atom. The number of para-hydroxylation sites is 1. The van der Waals surface area contributed by atoms with Crippen LogP contribution in [0.25, 0.3) is 6.08 Å². The molecule has 1 aliphatic rings. The van der Waals surface area contributed by atoms with Crippen molar-refractivity contribution in [1.82, 2.24) is 4.90 Å². The summed E-state index contributed by atoms with van der Waals surface area (Å²) in [7, 11) is 0. The largest absolute Gasteiger partial charge is 0.493 e. The molecular weight excluding hydrogens is 514 g/mol. The average Bonchev–Trinajstić information content (AvgIpc) is 3.50. The number of nitrogens with zero attached hydrogens (tertiary/aromatic N) is 1. The van der Waals surface area contributed by atoms with Gasteiger partial charge in [0.15, 0.2) is 0 Å². The highest BCUT2D eigenvalue weighted by Gasteiger charge is 2.12. The van der Waals surface area contributed by atoms with Crippen molar-refractivity contribution in [2.45, 2.75) is 78.1 Å². The summed E-state index contributed by atoms with van der Waals surface area (Å²) in [5.74, 6) is 0.779. The van der Waals surface area contributed by atoms with Crippen molar-refractivity contribution in [3.05, 3.63) is 71.3 Å². The summed E-state index contributed by atoms with van der Waals surface area (Å²) in [6.45, 7) is 8.91. The lowest BCUT2D eigenvalue weighted by Gasteiger charge is -2.15. The van der Waals surface area contributed by atoms with Gasteiger partial charge in [0, 0.05) is 12.0 Å². The molecule has 2 aromatic carbocycles. The molecule has 1 saturated heterocycles. The summed E-state index contributed by atoms with van der Waals surface area (Å²) in [6, 6.07) is 15.9. The second kappa shape index (κ2) is 19.1. The highest BCUT2D eigenvalue weighted by atomic mass is 16.5. The summed E-state index contributed by atoms with van der Waals surface area (Å²) in [4.78, 5) is 26.4. The molecule has 1 fully saturated rings. The quantitative estimate of drug-likeness (QED) is 0.130. The first-order valence-corrected chi connectivity index (χ1v) is 15.6. The van der Waals surface area contributed by atoms with Gasteiger partial charge < -0.3 is 19.1 Å². The number of benzene rings is 2. The van der Waals surface area contributed by atoms with Gasteiger partial charge in [-0.1, -0.05) is 48.9 Å². The van der Waals surface area contributed by atoms with Crippen LogP contribution in [0.2, 0.25) is 0 Å². The van der Waals surface area contributed by atoms with E-state index in [9.17, 15) is 9.59 Å². The summed E-state index contributed by atoms with van der Waals surface area (Å²) < 4.78 is 16.4. The molecule has 0 amide bonds. The third kappa shape index (κ3) is 12.5. The molecule has 41 heavy (non-hydrogen) atoms. The van der Waals surface area contributed by atoms with Crippen molar-refractivity contribution in [3.8, 4) is 5.75 Å². The topological polar surface area (TPSA) is 65.1 Å². The van der Waals surface area contributed by atoms with Crippen LogP contribution in [0.5, 0.6) is 5.75 Å². The van der Waals surface area contributed by atoms with Gasteiger partial charge in [-0.3, -0.25) is 4.79 Å². The molecule has 0 N–H and O–H groups in total. The lowest BCUT2D eigenvalue weighted by atomic mass is 9.92. The average molecular weight is 564 g/mol. The third-order valence-electron chi connectivity index (χ3n) is 7.52. The van der Waals surface area contributed by atoms with Crippen LogP contribution in [0.4, 0.5) is 0 Å². The highest BCUT2D eigenvalue weighted by Crippen LogP contribution is 2.24. The molecule has 0 radical (unpaired) electrons. The first-order chi connectivity index (χ1) is 20.1. The van der Waals surface area contributed by atoms with Gasteiger partial charge in [-0.2, -0.15) is 0 Å². The number of carbonyl (C=O) groups excluding carboxylic acids is 2. The molecule has 1 unspecified atom stereocenters. The van der Waals surface area contributed by atoms with E-state index in [2.05, 4.69) is 23.1 Å². The molecule has 0 spiro atoms. The fraction of sp³-hybridized carbons (Fsp3) is 0.543. The van der Waals surface area contributed by atoms with Gasteiger partial charge in [0.25, 0.3) is 0 Å². The zero-order valence-corrected chi connectivity index (χ0v) is 25.2. The maximum atomic E-state index is 12.0. The standard InChI is InChI=1S/C35H49NO5/c1-3-39-34(37)17-9-6-14-29(28-30-19-22-32(23-20-30)35(38)40-4-2)18-21-31-15-7-8-16-33(31)41-27-13-5-10-24-36-25-11-12-26-36/h7-8,15-16,18-23,29H,3-6,9-14,17,24-28H2,1-2H3/b21-18+. The lowest BCUT2D eigenvalue weighted by Crippen LogP contribution is -2.20. The Labute approximate surface area is 247 Å². The zero-order valence-electron chi connectivity index (χ0n) is 25.2. The molecule has 0 bridgehead atoms. The number of likely N-dealkylation sites (tertiary alicyclic amines) is 1. The van der Waals surface area contributed by atoms with Crippen LogP contribution in [-0.4, -0.2) is 56.3 Å². The summed E-state index contributed by atoms with van der Waals surface area (Å²) in [6.07, 6.45) is 14.6. The first kappa shape index (κ1) is 32.4. The van der Waals surface area contributed by atoms with Crippen molar-refractivity contribution in [3.63, 3.8) is 0 Å².